The fraction of sp³-hybridized carbons (Fsp3) is 0.577. The van der Waals surface area contributed by atoms with E-state index in [1.165, 1.54) is 12.8 Å². The molecule has 0 fully saturated rings. The molecule has 188 valence electrons. The minimum absolute atomic E-state index is 0.00928. The van der Waals surface area contributed by atoms with E-state index >= 15 is 0 Å². The Hall–Kier alpha value is -2.05. The van der Waals surface area contributed by atoms with E-state index in [9.17, 15) is 9.59 Å². The zero-order valence-corrected chi connectivity index (χ0v) is 22.8. The summed E-state index contributed by atoms with van der Waals surface area (Å²) in [6.07, 6.45) is 5.85. The van der Waals surface area contributed by atoms with Gasteiger partial charge in [-0.1, -0.05) is 76.6 Å². The first kappa shape index (κ1) is 28.2. The first-order chi connectivity index (χ1) is 15.9. The Kier molecular flexibility index (Phi) is 10.4. The van der Waals surface area contributed by atoms with Gasteiger partial charge in [-0.3, -0.25) is 9.59 Å². The molecule has 2 aromatic rings. The Labute approximate surface area is 214 Å². The van der Waals surface area contributed by atoms with Gasteiger partial charge in [0.05, 0.1) is 21.4 Å². The SMILES string of the molecule is CCCCCCCC(=O)N(CC(=O)Nc1cc(C(C)(C)C)nn1-c1ccc(Cl)c(Cl)c1)C(C)C. The van der Waals surface area contributed by atoms with E-state index in [2.05, 4.69) is 33.0 Å². The standard InChI is InChI=1S/C26H38Cl2N4O2/c1-7-8-9-10-11-12-25(34)31(18(2)3)17-24(33)29-23-16-22(26(4,5)6)30-32(23)19-13-14-20(27)21(28)15-19/h13-16,18H,7-12,17H2,1-6H3,(H,29,33). The molecule has 0 aliphatic rings. The van der Waals surface area contributed by atoms with Gasteiger partial charge in [-0.05, 0) is 38.5 Å². The number of nitrogens with one attached hydrogen (secondary N) is 1. The van der Waals surface area contributed by atoms with Crippen LogP contribution in [0.5, 0.6) is 0 Å². The van der Waals surface area contributed by atoms with Crippen LogP contribution in [0.2, 0.25) is 10.0 Å². The molecule has 0 saturated heterocycles. The van der Waals surface area contributed by atoms with Crippen LogP contribution in [0.25, 0.3) is 5.69 Å². The molecule has 1 aromatic heterocycles. The van der Waals surface area contributed by atoms with Crippen LogP contribution in [0.4, 0.5) is 5.82 Å². The van der Waals surface area contributed by atoms with Gasteiger partial charge in [0, 0.05) is 23.9 Å². The monoisotopic (exact) mass is 508 g/mol. The molecule has 0 radical (unpaired) electrons. The zero-order valence-electron chi connectivity index (χ0n) is 21.3. The van der Waals surface area contributed by atoms with Crippen molar-refractivity contribution in [2.75, 3.05) is 11.9 Å². The number of amides is 2. The van der Waals surface area contributed by atoms with Crippen molar-refractivity contribution in [2.24, 2.45) is 0 Å². The molecule has 1 heterocycles. The van der Waals surface area contributed by atoms with E-state index in [1.54, 1.807) is 27.8 Å². The Morgan fingerprint density at radius 3 is 2.32 bits per heavy atom. The van der Waals surface area contributed by atoms with Gasteiger partial charge in [0.1, 0.15) is 12.4 Å². The first-order valence-electron chi connectivity index (χ1n) is 12.1. The third-order valence-corrected chi connectivity index (χ3v) is 6.38. The normalized spacial score (nSPS) is 11.7. The van der Waals surface area contributed by atoms with E-state index in [1.807, 2.05) is 19.9 Å². The Morgan fingerprint density at radius 2 is 1.74 bits per heavy atom. The summed E-state index contributed by atoms with van der Waals surface area (Å²) in [5, 5.41) is 8.51. The summed E-state index contributed by atoms with van der Waals surface area (Å²) >= 11 is 12.3. The number of halogens is 2. The Bertz CT molecular complexity index is 980. The highest BCUT2D eigenvalue weighted by Gasteiger charge is 2.24. The summed E-state index contributed by atoms with van der Waals surface area (Å²) in [5.41, 5.74) is 1.28. The molecule has 0 spiro atoms. The predicted octanol–water partition coefficient (Wildman–Crippen LogP) is 7.01. The molecular formula is C26H38Cl2N4O2. The molecule has 0 aliphatic carbocycles. The van der Waals surface area contributed by atoms with Gasteiger partial charge in [0.2, 0.25) is 11.8 Å². The average Bonchev–Trinajstić information content (AvgIpc) is 3.17. The summed E-state index contributed by atoms with van der Waals surface area (Å²) in [5.74, 6) is 0.258. The third kappa shape index (κ3) is 8.02. The van der Waals surface area contributed by atoms with Crippen molar-refractivity contribution in [1.29, 1.82) is 0 Å². The molecule has 6 nitrogen and oxygen atoms in total. The number of unbranched alkanes of at least 4 members (excludes halogenated alkanes) is 4. The quantitative estimate of drug-likeness (QED) is 0.331. The van der Waals surface area contributed by atoms with E-state index < -0.39 is 0 Å². The van der Waals surface area contributed by atoms with Gasteiger partial charge in [0.25, 0.3) is 0 Å². The Balaban J connectivity index is 2.18. The zero-order chi connectivity index (χ0) is 25.5. The van der Waals surface area contributed by atoms with Crippen molar-refractivity contribution >= 4 is 40.8 Å². The summed E-state index contributed by atoms with van der Waals surface area (Å²) in [7, 11) is 0. The van der Waals surface area contributed by atoms with Crippen LogP contribution < -0.4 is 5.32 Å². The maximum atomic E-state index is 13.0. The highest BCUT2D eigenvalue weighted by molar-refractivity contribution is 6.42. The van der Waals surface area contributed by atoms with Crippen LogP contribution >= 0.6 is 23.2 Å². The molecule has 2 amide bonds. The highest BCUT2D eigenvalue weighted by atomic mass is 35.5. The molecule has 0 atom stereocenters. The second-order valence-electron chi connectivity index (χ2n) is 10.0. The number of hydrogen-bond acceptors (Lipinski definition) is 3. The molecule has 8 heteroatoms. The van der Waals surface area contributed by atoms with Gasteiger partial charge in [-0.15, -0.1) is 0 Å². The van der Waals surface area contributed by atoms with Crippen molar-refractivity contribution in [3.05, 3.63) is 40.0 Å². The number of nitrogens with zero attached hydrogens (tertiary/aromatic N) is 3. The molecule has 34 heavy (non-hydrogen) atoms. The molecular weight excluding hydrogens is 471 g/mol. The van der Waals surface area contributed by atoms with E-state index in [0.717, 1.165) is 25.0 Å². The lowest BCUT2D eigenvalue weighted by atomic mass is 9.92. The van der Waals surface area contributed by atoms with Gasteiger partial charge >= 0.3 is 0 Å². The maximum Gasteiger partial charge on any atom is 0.245 e. The second kappa shape index (κ2) is 12.6. The first-order valence-corrected chi connectivity index (χ1v) is 12.8. The summed E-state index contributed by atoms with van der Waals surface area (Å²) in [6.45, 7) is 12.2. The van der Waals surface area contributed by atoms with Crippen molar-refractivity contribution < 1.29 is 9.59 Å². The number of rotatable bonds is 11. The lowest BCUT2D eigenvalue weighted by Crippen LogP contribution is -2.42. The molecule has 2 rings (SSSR count). The number of hydrogen-bond donors (Lipinski definition) is 1. The predicted molar refractivity (Wildman–Crippen MR) is 141 cm³/mol. The molecule has 0 aliphatic heterocycles. The van der Waals surface area contributed by atoms with Crippen molar-refractivity contribution in [1.82, 2.24) is 14.7 Å². The van der Waals surface area contributed by atoms with Gasteiger partial charge < -0.3 is 10.2 Å². The van der Waals surface area contributed by atoms with Crippen LogP contribution in [0.3, 0.4) is 0 Å². The van der Waals surface area contributed by atoms with Crippen molar-refractivity contribution in [3.63, 3.8) is 0 Å². The topological polar surface area (TPSA) is 67.2 Å². The largest absolute Gasteiger partial charge is 0.331 e. The van der Waals surface area contributed by atoms with E-state index in [0.29, 0.717) is 28.0 Å². The van der Waals surface area contributed by atoms with Gasteiger partial charge in [0.15, 0.2) is 0 Å². The van der Waals surface area contributed by atoms with Crippen molar-refractivity contribution in [3.8, 4) is 5.69 Å². The van der Waals surface area contributed by atoms with Crippen LogP contribution in [0.1, 0.15) is 85.8 Å². The number of benzene rings is 1. The number of aromatic nitrogens is 2. The van der Waals surface area contributed by atoms with Crippen molar-refractivity contribution in [2.45, 2.75) is 91.5 Å². The van der Waals surface area contributed by atoms with Gasteiger partial charge in [-0.2, -0.15) is 5.10 Å². The molecule has 1 aromatic carbocycles. The summed E-state index contributed by atoms with van der Waals surface area (Å²) in [4.78, 5) is 27.5. The number of carbonyl (C=O) groups excluding carboxylic acids is 2. The number of carbonyl (C=O) groups is 2. The lowest BCUT2D eigenvalue weighted by Gasteiger charge is -2.26. The summed E-state index contributed by atoms with van der Waals surface area (Å²) in [6, 6.07) is 6.99. The third-order valence-electron chi connectivity index (χ3n) is 5.64. The van der Waals surface area contributed by atoms with Crippen LogP contribution in [-0.4, -0.2) is 39.1 Å². The average molecular weight is 510 g/mol. The fourth-order valence-electron chi connectivity index (χ4n) is 3.57. The van der Waals surface area contributed by atoms with Crippen LogP contribution in [0.15, 0.2) is 24.3 Å². The second-order valence-corrected chi connectivity index (χ2v) is 10.8. The minimum atomic E-state index is -0.269. The van der Waals surface area contributed by atoms with E-state index in [-0.39, 0.29) is 29.8 Å². The molecule has 0 unspecified atom stereocenters. The minimum Gasteiger partial charge on any atom is -0.331 e. The summed E-state index contributed by atoms with van der Waals surface area (Å²) < 4.78 is 1.65. The maximum absolute atomic E-state index is 13.0. The number of anilines is 1. The van der Waals surface area contributed by atoms with E-state index in [4.69, 9.17) is 28.3 Å². The fourth-order valence-corrected chi connectivity index (χ4v) is 3.86. The Morgan fingerprint density at radius 1 is 1.06 bits per heavy atom. The molecule has 0 saturated carbocycles. The molecule has 0 bridgehead atoms. The lowest BCUT2D eigenvalue weighted by molar-refractivity contribution is -0.136. The highest BCUT2D eigenvalue weighted by Crippen LogP contribution is 2.29. The molecule has 1 N–H and O–H groups in total. The van der Waals surface area contributed by atoms with Gasteiger partial charge in [-0.25, -0.2) is 4.68 Å². The van der Waals surface area contributed by atoms with Crippen LogP contribution in [0, 0.1) is 0 Å². The smallest absolute Gasteiger partial charge is 0.245 e. The van der Waals surface area contributed by atoms with Crippen LogP contribution in [-0.2, 0) is 15.0 Å².